The number of likely N-dealkylation sites (tertiary alicyclic amines) is 1. The molecule has 0 radical (unpaired) electrons. The maximum absolute atomic E-state index is 9.54. The van der Waals surface area contributed by atoms with Crippen LogP contribution in [0.15, 0.2) is 30.3 Å². The van der Waals surface area contributed by atoms with Crippen molar-refractivity contribution < 1.29 is 15.3 Å². The van der Waals surface area contributed by atoms with Gasteiger partial charge in [0.15, 0.2) is 0 Å². The Balaban J connectivity index is 0.00000144. The second-order valence-electron chi connectivity index (χ2n) is 4.30. The standard InChI is InChI=1S/C12H17NO3.ClH/c14-10-7-13(8-11(15)12(10)16)6-9-4-2-1-3-5-9;/h1-5,10-12,14-16H,6-8H2;1H/t10-,11-;/m0./s1. The highest BCUT2D eigenvalue weighted by molar-refractivity contribution is 5.85. The van der Waals surface area contributed by atoms with Crippen LogP contribution in [0.5, 0.6) is 0 Å². The van der Waals surface area contributed by atoms with Crippen molar-refractivity contribution in [1.29, 1.82) is 0 Å². The minimum absolute atomic E-state index is 0. The molecule has 1 aliphatic rings. The number of hydrogen-bond acceptors (Lipinski definition) is 4. The highest BCUT2D eigenvalue weighted by atomic mass is 35.5. The van der Waals surface area contributed by atoms with Crippen LogP contribution in [0.4, 0.5) is 0 Å². The lowest BCUT2D eigenvalue weighted by Gasteiger charge is -2.36. The van der Waals surface area contributed by atoms with Crippen LogP contribution in [0.3, 0.4) is 0 Å². The Morgan fingerprint density at radius 1 is 1.00 bits per heavy atom. The lowest BCUT2D eigenvalue weighted by Crippen LogP contribution is -2.54. The third-order valence-corrected chi connectivity index (χ3v) is 2.93. The van der Waals surface area contributed by atoms with E-state index in [2.05, 4.69) is 0 Å². The second-order valence-corrected chi connectivity index (χ2v) is 4.30. The van der Waals surface area contributed by atoms with Gasteiger partial charge in [-0.3, -0.25) is 4.90 Å². The van der Waals surface area contributed by atoms with Gasteiger partial charge in [0, 0.05) is 19.6 Å². The van der Waals surface area contributed by atoms with E-state index in [4.69, 9.17) is 0 Å². The molecule has 0 spiro atoms. The monoisotopic (exact) mass is 259 g/mol. The zero-order chi connectivity index (χ0) is 11.5. The molecule has 1 fully saturated rings. The summed E-state index contributed by atoms with van der Waals surface area (Å²) >= 11 is 0. The first kappa shape index (κ1) is 14.4. The topological polar surface area (TPSA) is 63.9 Å². The van der Waals surface area contributed by atoms with Crippen LogP contribution in [0.2, 0.25) is 0 Å². The summed E-state index contributed by atoms with van der Waals surface area (Å²) in [7, 11) is 0. The molecule has 96 valence electrons. The van der Waals surface area contributed by atoms with Crippen molar-refractivity contribution in [2.75, 3.05) is 13.1 Å². The molecule has 1 saturated heterocycles. The van der Waals surface area contributed by atoms with Crippen molar-refractivity contribution in [3.63, 3.8) is 0 Å². The van der Waals surface area contributed by atoms with Gasteiger partial charge in [0.1, 0.15) is 6.10 Å². The number of piperidine rings is 1. The number of rotatable bonds is 2. The summed E-state index contributed by atoms with van der Waals surface area (Å²) in [5.74, 6) is 0. The molecule has 0 aliphatic carbocycles. The molecule has 4 nitrogen and oxygen atoms in total. The molecule has 1 aliphatic heterocycles. The summed E-state index contributed by atoms with van der Waals surface area (Å²) in [6.45, 7) is 1.47. The predicted molar refractivity (Wildman–Crippen MR) is 67.0 cm³/mol. The molecule has 0 unspecified atom stereocenters. The minimum atomic E-state index is -1.02. The van der Waals surface area contributed by atoms with E-state index in [1.54, 1.807) is 0 Å². The molecule has 2 atom stereocenters. The number of aliphatic hydroxyl groups is 3. The van der Waals surface area contributed by atoms with E-state index in [0.29, 0.717) is 19.6 Å². The van der Waals surface area contributed by atoms with Crippen molar-refractivity contribution >= 4 is 12.4 Å². The van der Waals surface area contributed by atoms with Crippen LogP contribution in [0.25, 0.3) is 0 Å². The van der Waals surface area contributed by atoms with Gasteiger partial charge in [0.25, 0.3) is 0 Å². The summed E-state index contributed by atoms with van der Waals surface area (Å²) in [5.41, 5.74) is 1.14. The SMILES string of the molecule is Cl.OC1[C@@H](O)CN(Cc2ccccc2)C[C@@H]1O. The van der Waals surface area contributed by atoms with E-state index in [9.17, 15) is 15.3 Å². The van der Waals surface area contributed by atoms with Crippen LogP contribution in [-0.2, 0) is 6.54 Å². The minimum Gasteiger partial charge on any atom is -0.389 e. The van der Waals surface area contributed by atoms with Crippen molar-refractivity contribution in [1.82, 2.24) is 4.90 Å². The zero-order valence-corrected chi connectivity index (χ0v) is 10.3. The predicted octanol–water partition coefficient (Wildman–Crippen LogP) is 0.00670. The van der Waals surface area contributed by atoms with Crippen LogP contribution >= 0.6 is 12.4 Å². The maximum atomic E-state index is 9.54. The smallest absolute Gasteiger partial charge is 0.108 e. The number of aliphatic hydroxyl groups excluding tert-OH is 3. The summed E-state index contributed by atoms with van der Waals surface area (Å²) in [6.07, 6.45) is -2.76. The molecular weight excluding hydrogens is 242 g/mol. The molecule has 0 saturated carbocycles. The van der Waals surface area contributed by atoms with Crippen molar-refractivity contribution in [2.45, 2.75) is 24.9 Å². The van der Waals surface area contributed by atoms with E-state index < -0.39 is 18.3 Å². The van der Waals surface area contributed by atoms with Crippen LogP contribution < -0.4 is 0 Å². The molecule has 1 aromatic carbocycles. The van der Waals surface area contributed by atoms with Crippen molar-refractivity contribution in [3.8, 4) is 0 Å². The summed E-state index contributed by atoms with van der Waals surface area (Å²) < 4.78 is 0. The zero-order valence-electron chi connectivity index (χ0n) is 9.44. The van der Waals surface area contributed by atoms with E-state index in [1.165, 1.54) is 0 Å². The van der Waals surface area contributed by atoms with E-state index in [0.717, 1.165) is 5.56 Å². The Morgan fingerprint density at radius 3 is 2.06 bits per heavy atom. The fraction of sp³-hybridized carbons (Fsp3) is 0.500. The number of benzene rings is 1. The maximum Gasteiger partial charge on any atom is 0.108 e. The molecule has 0 bridgehead atoms. The quantitative estimate of drug-likeness (QED) is 0.700. The molecule has 0 amide bonds. The number of halogens is 1. The highest BCUT2D eigenvalue weighted by Crippen LogP contribution is 2.14. The molecule has 2 rings (SSSR count). The first-order valence-corrected chi connectivity index (χ1v) is 5.47. The fourth-order valence-corrected chi connectivity index (χ4v) is 2.05. The van der Waals surface area contributed by atoms with Gasteiger partial charge in [0.2, 0.25) is 0 Å². The second kappa shape index (κ2) is 6.33. The van der Waals surface area contributed by atoms with Gasteiger partial charge >= 0.3 is 0 Å². The van der Waals surface area contributed by atoms with Gasteiger partial charge in [-0.15, -0.1) is 12.4 Å². The normalized spacial score (nSPS) is 26.5. The lowest BCUT2D eigenvalue weighted by molar-refractivity contribution is -0.111. The van der Waals surface area contributed by atoms with Crippen LogP contribution in [0.1, 0.15) is 5.56 Å². The number of hydrogen-bond donors (Lipinski definition) is 3. The summed E-state index contributed by atoms with van der Waals surface area (Å²) in [5, 5.41) is 28.5. The molecular formula is C12H18ClNO3. The molecule has 1 heterocycles. The first-order chi connectivity index (χ1) is 7.66. The highest BCUT2D eigenvalue weighted by Gasteiger charge is 2.33. The van der Waals surface area contributed by atoms with Gasteiger partial charge in [-0.25, -0.2) is 0 Å². The fourth-order valence-electron chi connectivity index (χ4n) is 2.05. The Kier molecular flexibility index (Phi) is 5.36. The molecule has 5 heteroatoms. The third-order valence-electron chi connectivity index (χ3n) is 2.93. The van der Waals surface area contributed by atoms with Crippen LogP contribution in [0, 0.1) is 0 Å². The summed E-state index contributed by atoms with van der Waals surface area (Å²) in [6, 6.07) is 9.88. The molecule has 17 heavy (non-hydrogen) atoms. The van der Waals surface area contributed by atoms with Crippen LogP contribution in [-0.4, -0.2) is 51.6 Å². The van der Waals surface area contributed by atoms with E-state index in [1.807, 2.05) is 35.2 Å². The third kappa shape index (κ3) is 3.66. The molecule has 3 N–H and O–H groups in total. The lowest BCUT2D eigenvalue weighted by atomic mass is 10.0. The number of nitrogens with zero attached hydrogens (tertiary/aromatic N) is 1. The molecule has 0 aromatic heterocycles. The van der Waals surface area contributed by atoms with E-state index in [-0.39, 0.29) is 12.4 Å². The van der Waals surface area contributed by atoms with E-state index >= 15 is 0 Å². The van der Waals surface area contributed by atoms with Crippen molar-refractivity contribution in [3.05, 3.63) is 35.9 Å². The summed E-state index contributed by atoms with van der Waals surface area (Å²) in [4.78, 5) is 1.94. The largest absolute Gasteiger partial charge is 0.389 e. The average molecular weight is 260 g/mol. The average Bonchev–Trinajstić information content (AvgIpc) is 2.27. The number of β-amino-alcohol motifs (C(OH)–C–C–N with tert-alkyl or cyclic N) is 2. The first-order valence-electron chi connectivity index (χ1n) is 5.47. The van der Waals surface area contributed by atoms with Gasteiger partial charge in [-0.2, -0.15) is 0 Å². The van der Waals surface area contributed by atoms with Gasteiger partial charge in [0.05, 0.1) is 12.2 Å². The Bertz CT molecular complexity index is 324. The Hall–Kier alpha value is -0.650. The van der Waals surface area contributed by atoms with Gasteiger partial charge < -0.3 is 15.3 Å². The van der Waals surface area contributed by atoms with Crippen molar-refractivity contribution in [2.24, 2.45) is 0 Å². The van der Waals surface area contributed by atoms with Gasteiger partial charge in [-0.05, 0) is 5.56 Å². The van der Waals surface area contributed by atoms with Gasteiger partial charge in [-0.1, -0.05) is 30.3 Å². The Morgan fingerprint density at radius 2 is 1.53 bits per heavy atom. The molecule has 1 aromatic rings. The Labute approximate surface area is 107 Å².